The first-order valence-electron chi connectivity index (χ1n) is 25.1. The van der Waals surface area contributed by atoms with Crippen LogP contribution >= 0.6 is 0 Å². The molecule has 0 aromatic carbocycles. The van der Waals surface area contributed by atoms with Gasteiger partial charge in [0.25, 0.3) is 0 Å². The van der Waals surface area contributed by atoms with Gasteiger partial charge in [0, 0.05) is 12.8 Å². The zero-order valence-electron chi connectivity index (χ0n) is 38.1. The lowest BCUT2D eigenvalue weighted by Crippen LogP contribution is -2.45. The van der Waals surface area contributed by atoms with Crippen LogP contribution in [0, 0.1) is 0 Å². The van der Waals surface area contributed by atoms with E-state index in [9.17, 15) is 19.8 Å². The lowest BCUT2D eigenvalue weighted by atomic mass is 10.0. The number of carbonyl (C=O) groups is 2. The van der Waals surface area contributed by atoms with Gasteiger partial charge < -0.3 is 20.3 Å². The minimum absolute atomic E-state index is 0.0206. The summed E-state index contributed by atoms with van der Waals surface area (Å²) in [6, 6.07) is -0.643. The van der Waals surface area contributed by atoms with Crippen LogP contribution in [0.5, 0.6) is 0 Å². The molecule has 0 aromatic heterocycles. The Morgan fingerprint density at radius 1 is 0.474 bits per heavy atom. The average molecular weight is 804 g/mol. The van der Waals surface area contributed by atoms with Gasteiger partial charge in [0.05, 0.1) is 25.4 Å². The third-order valence-corrected chi connectivity index (χ3v) is 11.5. The number of hydrogen-bond donors (Lipinski definition) is 3. The van der Waals surface area contributed by atoms with Crippen molar-refractivity contribution in [1.82, 2.24) is 5.32 Å². The molecule has 0 aromatic rings. The third kappa shape index (κ3) is 43.7. The average Bonchev–Trinajstić information content (AvgIpc) is 3.21. The summed E-state index contributed by atoms with van der Waals surface area (Å²) in [4.78, 5) is 24.4. The normalized spacial score (nSPS) is 12.8. The molecule has 0 aliphatic rings. The molecule has 0 heterocycles. The summed E-state index contributed by atoms with van der Waals surface area (Å²) in [5.74, 6) is -0.117. The zero-order valence-corrected chi connectivity index (χ0v) is 38.1. The predicted molar refractivity (Wildman–Crippen MR) is 246 cm³/mol. The second-order valence-electron chi connectivity index (χ2n) is 17.1. The van der Waals surface area contributed by atoms with Crippen LogP contribution in [-0.4, -0.2) is 47.4 Å². The molecule has 57 heavy (non-hydrogen) atoms. The molecule has 0 rings (SSSR count). The maximum atomic E-state index is 12.3. The molecular weight excluding hydrogens is 707 g/mol. The summed E-state index contributed by atoms with van der Waals surface area (Å²) in [5.41, 5.74) is 0. The number of amides is 1. The minimum Gasteiger partial charge on any atom is -0.466 e. The minimum atomic E-state index is -0.857. The van der Waals surface area contributed by atoms with Gasteiger partial charge in [0.1, 0.15) is 0 Å². The van der Waals surface area contributed by atoms with Crippen LogP contribution in [0.1, 0.15) is 264 Å². The quantitative estimate of drug-likeness (QED) is 0.0324. The van der Waals surface area contributed by atoms with E-state index in [2.05, 4.69) is 31.3 Å². The van der Waals surface area contributed by atoms with Crippen molar-refractivity contribution in [1.29, 1.82) is 0 Å². The van der Waals surface area contributed by atoms with E-state index in [-0.39, 0.29) is 18.5 Å². The first-order valence-corrected chi connectivity index (χ1v) is 25.1. The summed E-state index contributed by atoms with van der Waals surface area (Å²) in [7, 11) is 0. The largest absolute Gasteiger partial charge is 0.466 e. The summed E-state index contributed by atoms with van der Waals surface area (Å²) in [6.45, 7) is 4.81. The molecule has 1 amide bonds. The molecule has 6 nitrogen and oxygen atoms in total. The Labute approximate surface area is 354 Å². The van der Waals surface area contributed by atoms with E-state index in [4.69, 9.17) is 4.74 Å². The number of unbranched alkanes of at least 4 members (excludes halogenated alkanes) is 33. The molecule has 2 atom stereocenters. The molecule has 0 aliphatic heterocycles. The highest BCUT2D eigenvalue weighted by molar-refractivity contribution is 5.76. The standard InChI is InChI=1S/C51H97NO5/c1-3-5-7-9-11-13-14-15-16-17-18-19-20-21-25-29-33-37-41-45-51(56)57-46-42-38-34-30-26-23-22-24-28-32-36-40-44-50(55)52-48(47-53)49(54)43-39-35-31-27-12-10-8-6-4-2/h23,26,39,43,48-49,53-54H,3-22,24-25,27-38,40-42,44-47H2,1-2H3,(H,52,55)/b26-23-,43-39+. The van der Waals surface area contributed by atoms with Crippen molar-refractivity contribution in [2.24, 2.45) is 0 Å². The van der Waals surface area contributed by atoms with Gasteiger partial charge in [0.15, 0.2) is 0 Å². The van der Waals surface area contributed by atoms with Crippen molar-refractivity contribution in [3.8, 4) is 0 Å². The smallest absolute Gasteiger partial charge is 0.305 e. The van der Waals surface area contributed by atoms with E-state index in [1.54, 1.807) is 6.08 Å². The molecule has 2 unspecified atom stereocenters. The Bertz CT molecular complexity index is 889. The molecule has 0 saturated heterocycles. The van der Waals surface area contributed by atoms with Crippen molar-refractivity contribution in [2.75, 3.05) is 13.2 Å². The van der Waals surface area contributed by atoms with Gasteiger partial charge in [-0.25, -0.2) is 0 Å². The van der Waals surface area contributed by atoms with E-state index in [0.29, 0.717) is 19.4 Å². The first kappa shape index (κ1) is 55.3. The third-order valence-electron chi connectivity index (χ3n) is 11.5. The SMILES string of the molecule is CCCCCCCCC/C=C/C(O)C(CO)NC(=O)CCCCCCC/C=C\CCCCCOC(=O)CCCCCCCCCCCCCCCCCCCCC. The summed E-state index contributed by atoms with van der Waals surface area (Å²) < 4.78 is 5.45. The molecule has 3 N–H and O–H groups in total. The number of aliphatic hydroxyl groups excluding tert-OH is 2. The summed E-state index contributed by atoms with van der Waals surface area (Å²) >= 11 is 0. The Balaban J connectivity index is 3.46. The second kappa shape index (κ2) is 47.0. The first-order chi connectivity index (χ1) is 28.0. The fourth-order valence-electron chi connectivity index (χ4n) is 7.57. The van der Waals surface area contributed by atoms with Crippen LogP contribution in [0.25, 0.3) is 0 Å². The number of aliphatic hydroxyl groups is 2. The summed E-state index contributed by atoms with van der Waals surface area (Å²) in [5, 5.41) is 22.9. The number of allylic oxidation sites excluding steroid dienone is 3. The Morgan fingerprint density at radius 2 is 0.825 bits per heavy atom. The lowest BCUT2D eigenvalue weighted by molar-refractivity contribution is -0.143. The Morgan fingerprint density at radius 3 is 1.25 bits per heavy atom. The molecule has 0 spiro atoms. The maximum absolute atomic E-state index is 12.3. The van der Waals surface area contributed by atoms with Crippen LogP contribution in [-0.2, 0) is 14.3 Å². The molecule has 0 radical (unpaired) electrons. The molecule has 0 bridgehead atoms. The molecule has 6 heteroatoms. The van der Waals surface area contributed by atoms with Crippen molar-refractivity contribution < 1.29 is 24.5 Å². The highest BCUT2D eigenvalue weighted by Crippen LogP contribution is 2.16. The van der Waals surface area contributed by atoms with Crippen LogP contribution in [0.2, 0.25) is 0 Å². The van der Waals surface area contributed by atoms with Gasteiger partial charge in [-0.15, -0.1) is 0 Å². The predicted octanol–water partition coefficient (Wildman–Crippen LogP) is 14.7. The van der Waals surface area contributed by atoms with E-state index in [1.165, 1.54) is 161 Å². The van der Waals surface area contributed by atoms with Crippen LogP contribution in [0.15, 0.2) is 24.3 Å². The number of carbonyl (C=O) groups excluding carboxylic acids is 2. The highest BCUT2D eigenvalue weighted by atomic mass is 16.5. The van der Waals surface area contributed by atoms with E-state index in [0.717, 1.165) is 77.0 Å². The fourth-order valence-corrected chi connectivity index (χ4v) is 7.57. The summed E-state index contributed by atoms with van der Waals surface area (Å²) in [6.07, 6.45) is 54.7. The molecule has 0 aliphatic carbocycles. The van der Waals surface area contributed by atoms with Crippen molar-refractivity contribution >= 4 is 11.9 Å². The maximum Gasteiger partial charge on any atom is 0.305 e. The van der Waals surface area contributed by atoms with E-state index < -0.39 is 12.1 Å². The van der Waals surface area contributed by atoms with Gasteiger partial charge in [-0.2, -0.15) is 0 Å². The monoisotopic (exact) mass is 804 g/mol. The van der Waals surface area contributed by atoms with Gasteiger partial charge in [-0.3, -0.25) is 9.59 Å². The number of nitrogens with one attached hydrogen (secondary N) is 1. The molecule has 0 saturated carbocycles. The number of esters is 1. The lowest BCUT2D eigenvalue weighted by Gasteiger charge is -2.20. The zero-order chi connectivity index (χ0) is 41.5. The van der Waals surface area contributed by atoms with E-state index in [1.807, 2.05) is 6.08 Å². The van der Waals surface area contributed by atoms with Crippen molar-refractivity contribution in [3.63, 3.8) is 0 Å². The highest BCUT2D eigenvalue weighted by Gasteiger charge is 2.18. The Hall–Kier alpha value is -1.66. The molecular formula is C51H97NO5. The molecule has 336 valence electrons. The van der Waals surface area contributed by atoms with Gasteiger partial charge in [0.2, 0.25) is 5.91 Å². The van der Waals surface area contributed by atoms with Crippen molar-refractivity contribution in [3.05, 3.63) is 24.3 Å². The van der Waals surface area contributed by atoms with Crippen LogP contribution in [0.4, 0.5) is 0 Å². The van der Waals surface area contributed by atoms with Crippen LogP contribution in [0.3, 0.4) is 0 Å². The van der Waals surface area contributed by atoms with E-state index >= 15 is 0 Å². The van der Waals surface area contributed by atoms with Gasteiger partial charge in [-0.1, -0.05) is 212 Å². The Kier molecular flexibility index (Phi) is 45.7. The number of ether oxygens (including phenoxy) is 1. The number of hydrogen-bond acceptors (Lipinski definition) is 5. The topological polar surface area (TPSA) is 95.9 Å². The second-order valence-corrected chi connectivity index (χ2v) is 17.1. The molecule has 0 fully saturated rings. The van der Waals surface area contributed by atoms with Gasteiger partial charge in [-0.05, 0) is 64.2 Å². The number of rotatable bonds is 46. The van der Waals surface area contributed by atoms with Crippen molar-refractivity contribution in [2.45, 2.75) is 276 Å². The van der Waals surface area contributed by atoms with Gasteiger partial charge >= 0.3 is 5.97 Å². The van der Waals surface area contributed by atoms with Crippen LogP contribution < -0.4 is 5.32 Å². The fraction of sp³-hybridized carbons (Fsp3) is 0.882.